The number of ether oxygens (including phenoxy) is 8. The van der Waals surface area contributed by atoms with Crippen LogP contribution in [0.2, 0.25) is 0 Å². The van der Waals surface area contributed by atoms with Crippen LogP contribution in [0, 0.1) is 29.6 Å². The summed E-state index contributed by atoms with van der Waals surface area (Å²) in [4.78, 5) is 59.0. The molecule has 6 N–H and O–H groups in total. The van der Waals surface area contributed by atoms with E-state index in [0.29, 0.717) is 29.9 Å². The van der Waals surface area contributed by atoms with E-state index < -0.39 is 113 Å². The number of rotatable bonds is 12. The molecule has 0 bridgehead atoms. The Morgan fingerprint density at radius 1 is 0.926 bits per heavy atom. The van der Waals surface area contributed by atoms with Gasteiger partial charge in [-0.1, -0.05) is 27.7 Å². The number of aliphatic hydroxyl groups excluding tert-OH is 2. The van der Waals surface area contributed by atoms with E-state index in [1.807, 2.05) is 60.5 Å². The number of aromatic nitrogens is 4. The second kappa shape index (κ2) is 21.2. The molecule has 0 radical (unpaired) electrons. The van der Waals surface area contributed by atoms with Crippen LogP contribution in [0.4, 0.5) is 11.8 Å². The zero-order valence-corrected chi connectivity index (χ0v) is 43.1. The number of anilines is 2. The minimum atomic E-state index is -1.43. The number of imidazole rings is 1. The molecule has 19 atom stereocenters. The molecule has 20 nitrogen and oxygen atoms in total. The fourth-order valence-electron chi connectivity index (χ4n) is 11.3. The largest absolute Gasteiger partial charge is 0.458 e. The van der Waals surface area contributed by atoms with E-state index in [1.54, 1.807) is 45.7 Å². The monoisotopic (exact) mass is 980 g/mol. The van der Waals surface area contributed by atoms with Gasteiger partial charge in [-0.25, -0.2) is 4.98 Å². The quantitative estimate of drug-likeness (QED) is 0.222. The molecule has 0 spiro atoms. The van der Waals surface area contributed by atoms with Gasteiger partial charge in [0.25, 0.3) is 0 Å². The van der Waals surface area contributed by atoms with E-state index in [-0.39, 0.29) is 49.0 Å². The maximum atomic E-state index is 15.1. The highest BCUT2D eigenvalue weighted by molar-refractivity contribution is 8.00. The number of carbonyl (C=O) groups is 3. The number of nitrogens with two attached hydrogens (primary N) is 2. The molecule has 0 saturated carbocycles. The van der Waals surface area contributed by atoms with Crippen LogP contribution in [0.5, 0.6) is 0 Å². The highest BCUT2D eigenvalue weighted by Crippen LogP contribution is 2.49. The first-order valence-corrected chi connectivity index (χ1v) is 25.0. The van der Waals surface area contributed by atoms with Crippen LogP contribution in [0.15, 0.2) is 6.33 Å². The van der Waals surface area contributed by atoms with Gasteiger partial charge in [0.15, 0.2) is 29.6 Å². The molecule has 4 saturated heterocycles. The molecule has 68 heavy (non-hydrogen) atoms. The molecule has 0 amide bonds. The Hall–Kier alpha value is -3.25. The fraction of sp³-hybridized carbons (Fsp3) is 0.830. The second-order valence-electron chi connectivity index (χ2n) is 20.5. The van der Waals surface area contributed by atoms with Crippen molar-refractivity contribution in [2.45, 2.75) is 185 Å². The van der Waals surface area contributed by atoms with Gasteiger partial charge in [-0.15, -0.1) is 11.8 Å². The highest BCUT2D eigenvalue weighted by Gasteiger charge is 2.62. The summed E-state index contributed by atoms with van der Waals surface area (Å²) in [5.41, 5.74) is 9.05. The van der Waals surface area contributed by atoms with Crippen molar-refractivity contribution in [2.24, 2.45) is 29.6 Å². The van der Waals surface area contributed by atoms with E-state index in [4.69, 9.17) is 49.4 Å². The molecular formula is C47H77N7O13S. The van der Waals surface area contributed by atoms with Crippen LogP contribution >= 0.6 is 11.8 Å². The molecule has 2 aromatic rings. The van der Waals surface area contributed by atoms with Crippen molar-refractivity contribution in [3.63, 3.8) is 0 Å². The normalized spacial score (nSPS) is 42.2. The zero-order chi connectivity index (χ0) is 50.4. The number of ketones is 1. The number of cyclic esters (lactones) is 1. The molecule has 0 aliphatic carbocycles. The number of Topliss-reactive ketones (excluding diaryl/α,β-unsaturated/α-hetero) is 1. The van der Waals surface area contributed by atoms with Gasteiger partial charge >= 0.3 is 11.9 Å². The Morgan fingerprint density at radius 2 is 1.60 bits per heavy atom. The van der Waals surface area contributed by atoms with Crippen LogP contribution in [0.1, 0.15) is 94.9 Å². The van der Waals surface area contributed by atoms with Gasteiger partial charge < -0.3 is 69.0 Å². The average Bonchev–Trinajstić information content (AvgIpc) is 3.81. The summed E-state index contributed by atoms with van der Waals surface area (Å²) >= 11 is 1.34. The lowest BCUT2D eigenvalue weighted by atomic mass is 9.70. The molecule has 2 aromatic heterocycles. The molecule has 3 unspecified atom stereocenters. The third kappa shape index (κ3) is 10.5. The van der Waals surface area contributed by atoms with Crippen LogP contribution in [-0.4, -0.2) is 170 Å². The summed E-state index contributed by atoms with van der Waals surface area (Å²) in [7, 11) is 6.83. The van der Waals surface area contributed by atoms with Gasteiger partial charge in [0.1, 0.15) is 34.9 Å². The lowest BCUT2D eigenvalue weighted by molar-refractivity contribution is -0.319. The minimum Gasteiger partial charge on any atom is -0.458 e. The second-order valence-corrected chi connectivity index (χ2v) is 21.7. The van der Waals surface area contributed by atoms with E-state index in [9.17, 15) is 19.8 Å². The molecule has 4 aliphatic heterocycles. The molecular weight excluding hydrogens is 903 g/mol. The Kier molecular flexibility index (Phi) is 16.9. The number of carbonyl (C=O) groups excluding carboxylic acids is 3. The number of aryl methyl sites for hydroxylation is 1. The summed E-state index contributed by atoms with van der Waals surface area (Å²) in [6.45, 7) is 18.4. The molecule has 4 aliphatic rings. The number of aliphatic hydroxyl groups is 2. The van der Waals surface area contributed by atoms with Gasteiger partial charge in [-0.3, -0.25) is 14.4 Å². The standard InChI is InChI=1S/C47H77N7O13S/c1-15-29-47(10)31(36(42(59)67-47)68-17-16-54-21-50-32-39(48)51-44(49)52-40(32)54)24(4)33(55)22(2)19-46(9,61-14)38(66-43-34(56)28(53(11)12)18-23(3)62-43)25(5)35(26(6)41(58)64-29)65-30-20-45(8,60-13)37(57)27(7)63-30/h21-31,34-38,43,56-57H,15-20H2,1-14H3,(H4,48,49,51,52)/t22-,23-,24?,25+,26-,27-,28+,29-,30+,31?,34-,35+,36?,37+,38-,43+,45-,46-,47-/m1/s1. The van der Waals surface area contributed by atoms with Crippen molar-refractivity contribution < 1.29 is 62.5 Å². The molecule has 6 heterocycles. The Balaban J connectivity index is 1.41. The van der Waals surface area contributed by atoms with Crippen molar-refractivity contribution in [3.05, 3.63) is 6.33 Å². The van der Waals surface area contributed by atoms with Gasteiger partial charge in [0.05, 0.1) is 47.9 Å². The van der Waals surface area contributed by atoms with E-state index >= 15 is 4.79 Å². The molecule has 6 rings (SSSR count). The number of hydrogen-bond donors (Lipinski definition) is 4. The molecule has 0 aromatic carbocycles. The van der Waals surface area contributed by atoms with E-state index in [1.165, 1.54) is 18.9 Å². The van der Waals surface area contributed by atoms with Crippen LogP contribution in [-0.2, 0) is 58.8 Å². The number of thioether (sulfide) groups is 1. The van der Waals surface area contributed by atoms with Gasteiger partial charge in [-0.05, 0) is 74.9 Å². The maximum absolute atomic E-state index is 15.1. The fourth-order valence-corrected chi connectivity index (χ4v) is 12.8. The topological polar surface area (TPSA) is 264 Å². The lowest BCUT2D eigenvalue weighted by Gasteiger charge is -2.50. The lowest BCUT2D eigenvalue weighted by Crippen LogP contribution is -2.61. The summed E-state index contributed by atoms with van der Waals surface area (Å²) in [6.07, 6.45) is -5.52. The van der Waals surface area contributed by atoms with Crippen LogP contribution in [0.25, 0.3) is 11.2 Å². The predicted molar refractivity (Wildman–Crippen MR) is 253 cm³/mol. The predicted octanol–water partition coefficient (Wildman–Crippen LogP) is 3.37. The third-order valence-electron chi connectivity index (χ3n) is 15.4. The minimum absolute atomic E-state index is 0.00306. The molecule has 384 valence electrons. The van der Waals surface area contributed by atoms with Crippen molar-refractivity contribution in [3.8, 4) is 0 Å². The van der Waals surface area contributed by atoms with Crippen molar-refractivity contribution in [1.82, 2.24) is 24.4 Å². The molecule has 21 heteroatoms. The Labute approximate surface area is 404 Å². The SMILES string of the molecule is CC[C@H]1OC(=O)[C@H](C)[C@@H](O[C@H]2C[C@@](C)(OC)[C@@H](O)[C@@H](C)O2)[C@H](C)[C@@H](O[C@@H]2O[C@H](C)C[C@H](N(C)C)[C@H]2O)[C@](C)(OC)C[C@@H](C)C(=O)C(C)C2C(SCCn3cnc4c(N)nc(N)nc43)C(=O)O[C@@]21C. The maximum Gasteiger partial charge on any atom is 0.320 e. The van der Waals surface area contributed by atoms with Crippen molar-refractivity contribution >= 4 is 52.4 Å². The first-order chi connectivity index (χ1) is 31.8. The van der Waals surface area contributed by atoms with Crippen LogP contribution < -0.4 is 11.5 Å². The summed E-state index contributed by atoms with van der Waals surface area (Å²) in [5, 5.41) is 22.1. The number of methoxy groups -OCH3 is 2. The summed E-state index contributed by atoms with van der Waals surface area (Å²) in [5.74, 6) is -4.75. The number of hydrogen-bond acceptors (Lipinski definition) is 20. The number of nitrogens with zero attached hydrogens (tertiary/aromatic N) is 5. The first-order valence-electron chi connectivity index (χ1n) is 23.9. The van der Waals surface area contributed by atoms with Crippen LogP contribution in [0.3, 0.4) is 0 Å². The number of esters is 2. The zero-order valence-electron chi connectivity index (χ0n) is 42.2. The smallest absolute Gasteiger partial charge is 0.320 e. The highest BCUT2D eigenvalue weighted by atomic mass is 32.2. The Morgan fingerprint density at radius 3 is 2.24 bits per heavy atom. The van der Waals surface area contributed by atoms with E-state index in [2.05, 4.69) is 15.0 Å². The number of fused-ring (bicyclic) bond motifs is 2. The summed E-state index contributed by atoms with van der Waals surface area (Å²) in [6, 6.07) is -0.308. The van der Waals surface area contributed by atoms with Crippen molar-refractivity contribution in [1.29, 1.82) is 0 Å². The summed E-state index contributed by atoms with van der Waals surface area (Å²) < 4.78 is 53.4. The van der Waals surface area contributed by atoms with Crippen molar-refractivity contribution in [2.75, 3.05) is 45.5 Å². The van der Waals surface area contributed by atoms with Gasteiger partial charge in [0.2, 0.25) is 5.95 Å². The number of nitrogen functional groups attached to an aromatic ring is 2. The van der Waals surface area contributed by atoms with Gasteiger partial charge in [-0.2, -0.15) is 9.97 Å². The average molecular weight is 980 g/mol. The number of likely N-dealkylation sites (N-methyl/N-ethyl adjacent to an activating group) is 1. The van der Waals surface area contributed by atoms with E-state index in [0.717, 1.165) is 0 Å². The Bertz CT molecular complexity index is 2100. The molecule has 4 fully saturated rings. The third-order valence-corrected chi connectivity index (χ3v) is 16.7. The van der Waals surface area contributed by atoms with Gasteiger partial charge in [0, 0.05) is 62.7 Å². The first kappa shape index (κ1) is 54.1.